The molecule has 0 radical (unpaired) electrons. The monoisotopic (exact) mass is 251 g/mol. The molecule has 0 aliphatic heterocycles. The van der Waals surface area contributed by atoms with Crippen LogP contribution in [0.15, 0.2) is 18.2 Å². The maximum atomic E-state index is 11.1. The minimum Gasteiger partial charge on any atom is -0.333 e. The molecule has 0 bridgehead atoms. The summed E-state index contributed by atoms with van der Waals surface area (Å²) in [6, 6.07) is 6.44. The zero-order valence-corrected chi connectivity index (χ0v) is 12.1. The first-order valence-electron chi connectivity index (χ1n) is 5.76. The van der Waals surface area contributed by atoms with Crippen molar-refractivity contribution in [3.05, 3.63) is 34.9 Å². The molecule has 0 spiro atoms. The molecule has 0 aliphatic rings. The number of rotatable bonds is 2. The van der Waals surface area contributed by atoms with Gasteiger partial charge in [0.1, 0.15) is 0 Å². The molecule has 0 fully saturated rings. The van der Waals surface area contributed by atoms with Gasteiger partial charge in [0.15, 0.2) is 0 Å². The van der Waals surface area contributed by atoms with E-state index in [9.17, 15) is 4.79 Å². The van der Waals surface area contributed by atoms with E-state index in [1.54, 1.807) is 11.9 Å². The Morgan fingerprint density at radius 2 is 1.94 bits per heavy atom. The van der Waals surface area contributed by atoms with E-state index in [0.29, 0.717) is 6.54 Å². The van der Waals surface area contributed by atoms with Gasteiger partial charge in [-0.15, -0.1) is 0 Å². The summed E-state index contributed by atoms with van der Waals surface area (Å²) in [5.41, 5.74) is 3.87. The number of hydrogen-bond acceptors (Lipinski definition) is 1. The van der Waals surface area contributed by atoms with Crippen LogP contribution in [0.5, 0.6) is 0 Å². The quantitative estimate of drug-likeness (QED) is 0.793. The van der Waals surface area contributed by atoms with E-state index in [2.05, 4.69) is 58.5 Å². The third kappa shape index (κ3) is 3.77. The van der Waals surface area contributed by atoms with E-state index in [1.165, 1.54) is 16.7 Å². The summed E-state index contributed by atoms with van der Waals surface area (Å²) >= 11 is 3.81. The molecular formula is C14H21NOS. The molecule has 2 nitrogen and oxygen atoms in total. The molecule has 0 unspecified atom stereocenters. The van der Waals surface area contributed by atoms with Crippen molar-refractivity contribution in [1.29, 1.82) is 0 Å². The standard InChI is InChI=1S/C14H21NOS/c1-10-8-12(14(2,3)4)7-6-11(10)9-15(5)13(16)17/h6-8H,9H2,1-5H3,(H,16,17). The number of aryl methyl sites for hydroxylation is 1. The van der Waals surface area contributed by atoms with E-state index in [4.69, 9.17) is 0 Å². The number of nitrogens with zero attached hydrogens (tertiary/aromatic N) is 1. The SMILES string of the molecule is Cc1cc(C(C)(C)C)ccc1CN(C)C(=O)S. The summed E-state index contributed by atoms with van der Waals surface area (Å²) in [5.74, 6) is 0. The second-order valence-electron chi connectivity index (χ2n) is 5.53. The Morgan fingerprint density at radius 3 is 2.35 bits per heavy atom. The Balaban J connectivity index is 2.95. The van der Waals surface area contributed by atoms with Crippen molar-refractivity contribution in [2.24, 2.45) is 0 Å². The fourth-order valence-corrected chi connectivity index (χ4v) is 1.73. The molecular weight excluding hydrogens is 230 g/mol. The second-order valence-corrected chi connectivity index (χ2v) is 5.91. The Morgan fingerprint density at radius 1 is 1.35 bits per heavy atom. The highest BCUT2D eigenvalue weighted by Gasteiger charge is 2.15. The third-order valence-electron chi connectivity index (χ3n) is 2.94. The molecule has 1 amide bonds. The Labute approximate surface area is 109 Å². The van der Waals surface area contributed by atoms with Crippen molar-refractivity contribution < 1.29 is 4.79 Å². The molecule has 94 valence electrons. The maximum absolute atomic E-state index is 11.1. The lowest BCUT2D eigenvalue weighted by Gasteiger charge is -2.22. The van der Waals surface area contributed by atoms with Crippen molar-refractivity contribution in [1.82, 2.24) is 4.90 Å². The van der Waals surface area contributed by atoms with Gasteiger partial charge in [0, 0.05) is 13.6 Å². The molecule has 3 heteroatoms. The normalized spacial score (nSPS) is 11.4. The fourth-order valence-electron chi connectivity index (χ4n) is 1.66. The van der Waals surface area contributed by atoms with Gasteiger partial charge in [0.25, 0.3) is 5.24 Å². The van der Waals surface area contributed by atoms with Crippen molar-refractivity contribution in [2.45, 2.75) is 39.7 Å². The topological polar surface area (TPSA) is 20.3 Å². The summed E-state index contributed by atoms with van der Waals surface area (Å²) in [5, 5.41) is -0.204. The van der Waals surface area contributed by atoms with Gasteiger partial charge in [0.2, 0.25) is 0 Å². The van der Waals surface area contributed by atoms with Crippen molar-refractivity contribution in [3.63, 3.8) is 0 Å². The summed E-state index contributed by atoms with van der Waals surface area (Å²) in [6.45, 7) is 9.29. The number of amides is 1. The smallest absolute Gasteiger partial charge is 0.278 e. The predicted molar refractivity (Wildman–Crippen MR) is 75.7 cm³/mol. The molecule has 1 aromatic rings. The molecule has 0 heterocycles. The second kappa shape index (κ2) is 5.13. The predicted octanol–water partition coefficient (Wildman–Crippen LogP) is 3.77. The lowest BCUT2D eigenvalue weighted by molar-refractivity contribution is 0.232. The van der Waals surface area contributed by atoms with Crippen LogP contribution in [0.1, 0.15) is 37.5 Å². The Hall–Kier alpha value is -0.960. The molecule has 0 saturated carbocycles. The molecule has 0 saturated heterocycles. The molecule has 17 heavy (non-hydrogen) atoms. The highest BCUT2D eigenvalue weighted by Crippen LogP contribution is 2.24. The summed E-state index contributed by atoms with van der Waals surface area (Å²) in [4.78, 5) is 12.7. The van der Waals surface area contributed by atoms with Crippen molar-refractivity contribution in [2.75, 3.05) is 7.05 Å². The molecule has 0 aromatic heterocycles. The van der Waals surface area contributed by atoms with E-state index in [0.717, 1.165) is 0 Å². The molecule has 1 aromatic carbocycles. The highest BCUT2D eigenvalue weighted by atomic mass is 32.1. The third-order valence-corrected chi connectivity index (χ3v) is 3.28. The van der Waals surface area contributed by atoms with Gasteiger partial charge >= 0.3 is 0 Å². The van der Waals surface area contributed by atoms with Crippen molar-refractivity contribution >= 4 is 17.9 Å². The van der Waals surface area contributed by atoms with Crippen LogP contribution in [0.3, 0.4) is 0 Å². The minimum absolute atomic E-state index is 0.161. The summed E-state index contributed by atoms with van der Waals surface area (Å²) < 4.78 is 0. The minimum atomic E-state index is -0.204. The van der Waals surface area contributed by atoms with Gasteiger partial charge in [0.05, 0.1) is 0 Å². The average molecular weight is 251 g/mol. The first-order valence-corrected chi connectivity index (χ1v) is 6.20. The number of thiol groups is 1. The molecule has 0 atom stereocenters. The van der Waals surface area contributed by atoms with E-state index < -0.39 is 0 Å². The van der Waals surface area contributed by atoms with Gasteiger partial charge in [-0.1, -0.05) is 51.6 Å². The fraction of sp³-hybridized carbons (Fsp3) is 0.500. The van der Waals surface area contributed by atoms with E-state index in [1.807, 2.05) is 0 Å². The summed E-state index contributed by atoms with van der Waals surface area (Å²) in [7, 11) is 1.76. The zero-order chi connectivity index (χ0) is 13.2. The van der Waals surface area contributed by atoms with Crippen LogP contribution in [0.2, 0.25) is 0 Å². The van der Waals surface area contributed by atoms with Gasteiger partial charge in [-0.2, -0.15) is 0 Å². The zero-order valence-electron chi connectivity index (χ0n) is 11.2. The van der Waals surface area contributed by atoms with Crippen LogP contribution in [0.4, 0.5) is 4.79 Å². The van der Waals surface area contributed by atoms with Crippen molar-refractivity contribution in [3.8, 4) is 0 Å². The van der Waals surface area contributed by atoms with Crippen LogP contribution in [0.25, 0.3) is 0 Å². The van der Waals surface area contributed by atoms with Gasteiger partial charge in [-0.25, -0.2) is 0 Å². The van der Waals surface area contributed by atoms with Crippen LogP contribution in [-0.2, 0) is 12.0 Å². The summed E-state index contributed by atoms with van der Waals surface area (Å²) in [6.07, 6.45) is 0. The molecule has 0 aliphatic carbocycles. The number of benzene rings is 1. The highest BCUT2D eigenvalue weighted by molar-refractivity contribution is 7.96. The molecule has 0 N–H and O–H groups in total. The van der Waals surface area contributed by atoms with Crippen LogP contribution >= 0.6 is 12.6 Å². The van der Waals surface area contributed by atoms with Crippen LogP contribution < -0.4 is 0 Å². The van der Waals surface area contributed by atoms with Gasteiger partial charge in [-0.05, 0) is 29.0 Å². The van der Waals surface area contributed by atoms with E-state index in [-0.39, 0.29) is 10.7 Å². The number of hydrogen-bond donors (Lipinski definition) is 1. The Bertz CT molecular complexity index is 421. The van der Waals surface area contributed by atoms with Crippen LogP contribution in [0, 0.1) is 6.92 Å². The lowest BCUT2D eigenvalue weighted by atomic mass is 9.85. The Kier molecular flexibility index (Phi) is 4.26. The first kappa shape index (κ1) is 14.1. The molecule has 1 rings (SSSR count). The van der Waals surface area contributed by atoms with E-state index >= 15 is 0 Å². The average Bonchev–Trinajstić information content (AvgIpc) is 2.19. The first-order chi connectivity index (χ1) is 7.71. The van der Waals surface area contributed by atoms with Gasteiger partial charge < -0.3 is 4.90 Å². The van der Waals surface area contributed by atoms with Crippen LogP contribution in [-0.4, -0.2) is 17.2 Å². The number of carbonyl (C=O) groups is 1. The lowest BCUT2D eigenvalue weighted by Crippen LogP contribution is -2.21. The van der Waals surface area contributed by atoms with Gasteiger partial charge in [-0.3, -0.25) is 4.79 Å². The number of carbonyl (C=O) groups excluding carboxylic acids is 1. The largest absolute Gasteiger partial charge is 0.333 e. The maximum Gasteiger partial charge on any atom is 0.278 e.